The molecule has 0 unspecified atom stereocenters. The summed E-state index contributed by atoms with van der Waals surface area (Å²) in [6.45, 7) is 6.94. The van der Waals surface area contributed by atoms with Crippen molar-refractivity contribution in [3.63, 3.8) is 0 Å². The molecule has 0 saturated heterocycles. The fourth-order valence-electron chi connectivity index (χ4n) is 6.77. The quantitative estimate of drug-likeness (QED) is 0.649. The molecular weight excluding hydrogens is 314 g/mol. The first-order valence-corrected chi connectivity index (χ1v) is 10.5. The van der Waals surface area contributed by atoms with Crippen molar-refractivity contribution in [2.45, 2.75) is 65.7 Å². The minimum Gasteiger partial charge on any atom is -0.299 e. The van der Waals surface area contributed by atoms with Crippen molar-refractivity contribution in [3.05, 3.63) is 21.7 Å². The van der Waals surface area contributed by atoms with Gasteiger partial charge in [0.05, 0.1) is 15.6 Å². The normalized spacial score (nSPS) is 43.5. The molecule has 0 bridgehead atoms. The second-order valence-electron chi connectivity index (χ2n) is 9.07. The molecule has 1 aromatic rings. The van der Waals surface area contributed by atoms with Crippen molar-refractivity contribution in [2.75, 3.05) is 0 Å². The number of allylic oxidation sites excluding steroid dienone is 2. The van der Waals surface area contributed by atoms with E-state index in [1.54, 1.807) is 5.57 Å². The zero-order valence-corrected chi connectivity index (χ0v) is 15.8. The van der Waals surface area contributed by atoms with Gasteiger partial charge in [-0.15, -0.1) is 11.3 Å². The molecule has 4 aliphatic rings. The van der Waals surface area contributed by atoms with Gasteiger partial charge in [0.2, 0.25) is 0 Å². The number of hydrogen-bond acceptors (Lipinski definition) is 3. The summed E-state index contributed by atoms with van der Waals surface area (Å²) in [6.07, 6.45) is 10.4. The van der Waals surface area contributed by atoms with Crippen molar-refractivity contribution in [3.8, 4) is 0 Å². The van der Waals surface area contributed by atoms with Crippen LogP contribution in [0.3, 0.4) is 0 Å². The smallest absolute Gasteiger partial charge is 0.139 e. The maximum atomic E-state index is 12.5. The molecule has 5 atom stereocenters. The number of ketones is 1. The third-order valence-electron chi connectivity index (χ3n) is 8.10. The van der Waals surface area contributed by atoms with E-state index in [0.29, 0.717) is 17.1 Å². The molecule has 128 valence electrons. The Balaban J connectivity index is 1.58. The second kappa shape index (κ2) is 4.81. The average molecular weight is 342 g/mol. The highest BCUT2D eigenvalue weighted by atomic mass is 32.1. The van der Waals surface area contributed by atoms with Gasteiger partial charge in [-0.2, -0.15) is 0 Å². The topological polar surface area (TPSA) is 30.0 Å². The Kier molecular flexibility index (Phi) is 3.07. The van der Waals surface area contributed by atoms with Crippen LogP contribution < -0.4 is 0 Å². The summed E-state index contributed by atoms with van der Waals surface area (Å²) in [6, 6.07) is 0. The molecule has 1 heterocycles. The van der Waals surface area contributed by atoms with Crippen LogP contribution in [0.2, 0.25) is 0 Å². The SMILES string of the molecule is Cc1nc2c(s1)C1=CC[C@@H]3[C@H](CC[C@]4(C)C(=O)CC[C@@H]34)[C@@]1(C)CC2. The third-order valence-corrected chi connectivity index (χ3v) is 9.15. The van der Waals surface area contributed by atoms with Crippen LogP contribution in [0, 0.1) is 35.5 Å². The monoisotopic (exact) mass is 341 g/mol. The summed E-state index contributed by atoms with van der Waals surface area (Å²) in [5, 5.41) is 1.21. The van der Waals surface area contributed by atoms with E-state index in [2.05, 4.69) is 26.8 Å². The lowest BCUT2D eigenvalue weighted by molar-refractivity contribution is -0.131. The molecular formula is C21H27NOS. The Labute approximate surface area is 148 Å². The molecule has 2 saturated carbocycles. The zero-order chi connectivity index (χ0) is 16.7. The van der Waals surface area contributed by atoms with Crippen molar-refractivity contribution < 1.29 is 4.79 Å². The molecule has 0 aromatic carbocycles. The van der Waals surface area contributed by atoms with E-state index in [9.17, 15) is 4.79 Å². The summed E-state index contributed by atoms with van der Waals surface area (Å²) < 4.78 is 0. The summed E-state index contributed by atoms with van der Waals surface area (Å²) >= 11 is 1.90. The Hall–Kier alpha value is -0.960. The van der Waals surface area contributed by atoms with Gasteiger partial charge in [-0.25, -0.2) is 4.98 Å². The Bertz CT molecular complexity index is 762. The minimum atomic E-state index is -0.0101. The summed E-state index contributed by atoms with van der Waals surface area (Å²) in [4.78, 5) is 18.8. The highest BCUT2D eigenvalue weighted by Crippen LogP contribution is 2.65. The van der Waals surface area contributed by atoms with Gasteiger partial charge in [-0.3, -0.25) is 4.79 Å². The van der Waals surface area contributed by atoms with Crippen LogP contribution in [0.1, 0.15) is 68.0 Å². The van der Waals surface area contributed by atoms with Gasteiger partial charge in [0, 0.05) is 11.8 Å². The number of thiazole rings is 1. The molecule has 4 aliphatic carbocycles. The number of carbonyl (C=O) groups excluding carboxylic acids is 1. The lowest BCUT2D eigenvalue weighted by Crippen LogP contribution is -2.49. The predicted molar refractivity (Wildman–Crippen MR) is 97.9 cm³/mol. The second-order valence-corrected chi connectivity index (χ2v) is 10.3. The molecule has 1 aromatic heterocycles. The van der Waals surface area contributed by atoms with Gasteiger partial charge in [-0.1, -0.05) is 19.9 Å². The average Bonchev–Trinajstić information content (AvgIpc) is 3.06. The fraction of sp³-hybridized carbons (Fsp3) is 0.714. The summed E-state index contributed by atoms with van der Waals surface area (Å²) in [5.41, 5.74) is 3.24. The predicted octanol–water partition coefficient (Wildman–Crippen LogP) is 5.20. The number of aromatic nitrogens is 1. The number of fused-ring (bicyclic) bond motifs is 7. The molecule has 5 rings (SSSR count). The highest BCUT2D eigenvalue weighted by molar-refractivity contribution is 7.12. The molecule has 0 N–H and O–H groups in total. The standard InChI is InChI=1S/C21H27NOS/c1-12-22-17-9-11-20(2)15-8-10-21(3)14(6-7-18(21)23)13(15)4-5-16(20)19(17)24-12/h5,13-15H,4,6-11H2,1-3H3/t13-,14-,15-,20+,21-/m0/s1. The highest BCUT2D eigenvalue weighted by Gasteiger charge is 2.58. The van der Waals surface area contributed by atoms with Crippen molar-refractivity contribution in [1.29, 1.82) is 0 Å². The number of Topliss-reactive ketones (excluding diaryl/α,β-unsaturated/α-hetero) is 1. The maximum Gasteiger partial charge on any atom is 0.139 e. The van der Waals surface area contributed by atoms with E-state index in [0.717, 1.165) is 37.5 Å². The minimum absolute atomic E-state index is 0.0101. The van der Waals surface area contributed by atoms with Gasteiger partial charge in [0.25, 0.3) is 0 Å². The summed E-state index contributed by atoms with van der Waals surface area (Å²) in [5.74, 6) is 2.66. The van der Waals surface area contributed by atoms with Gasteiger partial charge in [0.15, 0.2) is 0 Å². The molecule has 0 aliphatic heterocycles. The molecule has 3 heteroatoms. The van der Waals surface area contributed by atoms with Crippen LogP contribution in [0.25, 0.3) is 5.57 Å². The number of carbonyl (C=O) groups is 1. The Morgan fingerprint density at radius 2 is 1.92 bits per heavy atom. The van der Waals surface area contributed by atoms with Crippen LogP contribution in [0.15, 0.2) is 6.08 Å². The number of nitrogens with zero attached hydrogens (tertiary/aromatic N) is 1. The van der Waals surface area contributed by atoms with Crippen LogP contribution in [0.5, 0.6) is 0 Å². The molecule has 0 radical (unpaired) electrons. The number of hydrogen-bond donors (Lipinski definition) is 0. The Morgan fingerprint density at radius 3 is 2.75 bits per heavy atom. The molecule has 2 fully saturated rings. The first-order valence-electron chi connectivity index (χ1n) is 9.64. The van der Waals surface area contributed by atoms with Crippen LogP contribution in [0.4, 0.5) is 0 Å². The van der Waals surface area contributed by atoms with Crippen molar-refractivity contribution >= 4 is 22.7 Å². The lowest BCUT2D eigenvalue weighted by atomic mass is 9.48. The first kappa shape index (κ1) is 15.3. The van der Waals surface area contributed by atoms with E-state index < -0.39 is 0 Å². The van der Waals surface area contributed by atoms with Crippen LogP contribution >= 0.6 is 11.3 Å². The van der Waals surface area contributed by atoms with Crippen LogP contribution in [-0.4, -0.2) is 10.8 Å². The van der Waals surface area contributed by atoms with Gasteiger partial charge < -0.3 is 0 Å². The zero-order valence-electron chi connectivity index (χ0n) is 15.0. The van der Waals surface area contributed by atoms with Gasteiger partial charge in [0.1, 0.15) is 5.78 Å². The maximum absolute atomic E-state index is 12.5. The first-order chi connectivity index (χ1) is 11.4. The number of rotatable bonds is 0. The van der Waals surface area contributed by atoms with E-state index in [4.69, 9.17) is 4.98 Å². The van der Waals surface area contributed by atoms with E-state index in [1.165, 1.54) is 34.8 Å². The Morgan fingerprint density at radius 1 is 1.12 bits per heavy atom. The molecule has 2 nitrogen and oxygen atoms in total. The third kappa shape index (κ3) is 1.77. The van der Waals surface area contributed by atoms with Crippen molar-refractivity contribution in [2.24, 2.45) is 28.6 Å². The van der Waals surface area contributed by atoms with E-state index in [1.807, 2.05) is 11.3 Å². The molecule has 0 amide bonds. The molecule has 24 heavy (non-hydrogen) atoms. The van der Waals surface area contributed by atoms with E-state index >= 15 is 0 Å². The lowest BCUT2D eigenvalue weighted by Gasteiger charge is -2.55. The largest absolute Gasteiger partial charge is 0.299 e. The van der Waals surface area contributed by atoms with E-state index in [-0.39, 0.29) is 5.41 Å². The van der Waals surface area contributed by atoms with Gasteiger partial charge in [-0.05, 0) is 74.2 Å². The summed E-state index contributed by atoms with van der Waals surface area (Å²) in [7, 11) is 0. The van der Waals surface area contributed by atoms with Crippen LogP contribution in [-0.2, 0) is 11.2 Å². The number of aryl methyl sites for hydroxylation is 2. The molecule has 0 spiro atoms. The van der Waals surface area contributed by atoms with Crippen molar-refractivity contribution in [1.82, 2.24) is 4.98 Å². The van der Waals surface area contributed by atoms with Gasteiger partial charge >= 0.3 is 0 Å². The fourth-order valence-corrected chi connectivity index (χ4v) is 7.91.